The van der Waals surface area contributed by atoms with Crippen LogP contribution in [0.2, 0.25) is 0 Å². The molecule has 15 heavy (non-hydrogen) atoms. The number of carbonyl (C=O) groups is 1. The van der Waals surface area contributed by atoms with Crippen LogP contribution in [-0.2, 0) is 0 Å². The van der Waals surface area contributed by atoms with Gasteiger partial charge in [-0.2, -0.15) is 0 Å². The highest BCUT2D eigenvalue weighted by atomic mass is 16.1. The maximum Gasteiger partial charge on any atom is 0.251 e. The summed E-state index contributed by atoms with van der Waals surface area (Å²) < 4.78 is 0. The van der Waals surface area contributed by atoms with Crippen LogP contribution in [0, 0.1) is 6.92 Å². The number of hydrogen-bond acceptors (Lipinski definition) is 2. The van der Waals surface area contributed by atoms with Crippen LogP contribution in [0.5, 0.6) is 0 Å². The number of hydrogen-bond donors (Lipinski definition) is 2. The van der Waals surface area contributed by atoms with E-state index in [2.05, 4.69) is 10.6 Å². The number of rotatable bonds is 3. The Hall–Kier alpha value is -1.35. The van der Waals surface area contributed by atoms with E-state index in [0.717, 1.165) is 30.6 Å². The molecule has 1 aliphatic rings. The molecule has 0 aliphatic carbocycles. The second kappa shape index (κ2) is 4.45. The fraction of sp³-hybridized carbons (Fsp3) is 0.417. The highest BCUT2D eigenvalue weighted by Gasteiger charge is 2.17. The third kappa shape index (κ3) is 2.36. The van der Waals surface area contributed by atoms with Gasteiger partial charge in [-0.25, -0.2) is 0 Å². The van der Waals surface area contributed by atoms with Gasteiger partial charge in [0.25, 0.3) is 5.91 Å². The van der Waals surface area contributed by atoms with E-state index >= 15 is 0 Å². The third-order valence-corrected chi connectivity index (χ3v) is 2.82. The molecule has 0 saturated carbocycles. The molecule has 1 fully saturated rings. The van der Waals surface area contributed by atoms with Gasteiger partial charge in [0.1, 0.15) is 0 Å². The molecule has 0 spiro atoms. The highest BCUT2D eigenvalue weighted by molar-refractivity contribution is 5.95. The Morgan fingerprint density at radius 2 is 2.27 bits per heavy atom. The normalized spacial score (nSPS) is 19.4. The van der Waals surface area contributed by atoms with Gasteiger partial charge in [-0.1, -0.05) is 18.2 Å². The minimum atomic E-state index is 0.0294. The van der Waals surface area contributed by atoms with Crippen molar-refractivity contribution in [2.24, 2.45) is 0 Å². The molecule has 1 aromatic rings. The smallest absolute Gasteiger partial charge is 0.251 e. The molecular weight excluding hydrogens is 188 g/mol. The Kier molecular flexibility index (Phi) is 3.02. The van der Waals surface area contributed by atoms with Crippen LogP contribution >= 0.6 is 0 Å². The summed E-state index contributed by atoms with van der Waals surface area (Å²) in [6.45, 7) is 3.76. The van der Waals surface area contributed by atoms with Crippen LogP contribution in [0.15, 0.2) is 24.3 Å². The lowest BCUT2D eigenvalue weighted by molar-refractivity contribution is 0.0944. The Labute approximate surface area is 89.9 Å². The van der Waals surface area contributed by atoms with Crippen molar-refractivity contribution >= 4 is 5.91 Å². The molecule has 0 radical (unpaired) electrons. The predicted octanol–water partition coefficient (Wildman–Crippen LogP) is 1.09. The maximum atomic E-state index is 11.8. The fourth-order valence-corrected chi connectivity index (χ4v) is 1.66. The second-order valence-corrected chi connectivity index (χ2v) is 3.96. The number of nitrogens with one attached hydrogen (secondary N) is 2. The minimum absolute atomic E-state index is 0.0294. The number of carbonyl (C=O) groups excluding carboxylic acids is 1. The summed E-state index contributed by atoms with van der Waals surface area (Å²) in [5.41, 5.74) is 1.80. The van der Waals surface area contributed by atoms with Crippen molar-refractivity contribution in [3.8, 4) is 0 Å². The molecule has 3 nitrogen and oxygen atoms in total. The topological polar surface area (TPSA) is 41.1 Å². The zero-order chi connectivity index (χ0) is 10.7. The van der Waals surface area contributed by atoms with Gasteiger partial charge in [0.05, 0.1) is 0 Å². The molecule has 1 heterocycles. The molecule has 0 aromatic heterocycles. The summed E-state index contributed by atoms with van der Waals surface area (Å²) in [6, 6.07) is 8.12. The van der Waals surface area contributed by atoms with Crippen LogP contribution in [-0.4, -0.2) is 25.0 Å². The van der Waals surface area contributed by atoms with Gasteiger partial charge in [-0.3, -0.25) is 4.79 Å². The SMILES string of the molecule is Cc1ccccc1C(=O)NCC1CCN1. The summed E-state index contributed by atoms with van der Waals surface area (Å²) in [4.78, 5) is 11.8. The van der Waals surface area contributed by atoms with E-state index in [-0.39, 0.29) is 5.91 Å². The van der Waals surface area contributed by atoms with E-state index in [1.807, 2.05) is 31.2 Å². The predicted molar refractivity (Wildman–Crippen MR) is 59.9 cm³/mol. The quantitative estimate of drug-likeness (QED) is 0.773. The number of benzene rings is 1. The average molecular weight is 204 g/mol. The first-order valence-electron chi connectivity index (χ1n) is 5.34. The third-order valence-electron chi connectivity index (χ3n) is 2.82. The zero-order valence-corrected chi connectivity index (χ0v) is 8.92. The van der Waals surface area contributed by atoms with Gasteiger partial charge in [0.15, 0.2) is 0 Å². The first-order valence-corrected chi connectivity index (χ1v) is 5.34. The summed E-state index contributed by atoms with van der Waals surface area (Å²) in [7, 11) is 0. The van der Waals surface area contributed by atoms with E-state index in [9.17, 15) is 4.79 Å². The molecule has 1 unspecified atom stereocenters. The molecule has 3 heteroatoms. The summed E-state index contributed by atoms with van der Waals surface area (Å²) in [6.07, 6.45) is 1.16. The van der Waals surface area contributed by atoms with Gasteiger partial charge in [0, 0.05) is 18.2 Å². The van der Waals surface area contributed by atoms with Crippen molar-refractivity contribution in [2.45, 2.75) is 19.4 Å². The van der Waals surface area contributed by atoms with Crippen LogP contribution in [0.3, 0.4) is 0 Å². The van der Waals surface area contributed by atoms with Crippen molar-refractivity contribution in [3.63, 3.8) is 0 Å². The van der Waals surface area contributed by atoms with Gasteiger partial charge in [-0.05, 0) is 31.5 Å². The molecule has 1 saturated heterocycles. The molecule has 0 bridgehead atoms. The Bertz CT molecular complexity index is 358. The van der Waals surface area contributed by atoms with E-state index in [1.54, 1.807) is 0 Å². The van der Waals surface area contributed by atoms with Gasteiger partial charge < -0.3 is 10.6 Å². The van der Waals surface area contributed by atoms with Crippen molar-refractivity contribution in [2.75, 3.05) is 13.1 Å². The molecule has 1 amide bonds. The Balaban J connectivity index is 1.92. The molecule has 2 rings (SSSR count). The standard InChI is InChI=1S/C12H16N2O/c1-9-4-2-3-5-11(9)12(15)14-8-10-6-7-13-10/h2-5,10,13H,6-8H2,1H3,(H,14,15). The Morgan fingerprint density at radius 3 is 2.87 bits per heavy atom. The molecule has 2 N–H and O–H groups in total. The summed E-state index contributed by atoms with van der Waals surface area (Å²) >= 11 is 0. The summed E-state index contributed by atoms with van der Waals surface area (Å²) in [5.74, 6) is 0.0294. The van der Waals surface area contributed by atoms with Crippen LogP contribution < -0.4 is 10.6 Å². The van der Waals surface area contributed by atoms with Crippen LogP contribution in [0.25, 0.3) is 0 Å². The maximum absolute atomic E-state index is 11.8. The van der Waals surface area contributed by atoms with E-state index in [4.69, 9.17) is 0 Å². The second-order valence-electron chi connectivity index (χ2n) is 3.96. The molecule has 1 atom stereocenters. The lowest BCUT2D eigenvalue weighted by Gasteiger charge is -2.27. The largest absolute Gasteiger partial charge is 0.350 e. The van der Waals surface area contributed by atoms with Crippen molar-refractivity contribution < 1.29 is 4.79 Å². The van der Waals surface area contributed by atoms with Crippen molar-refractivity contribution in [1.82, 2.24) is 10.6 Å². The first kappa shape index (κ1) is 10.2. The average Bonchev–Trinajstić information content (AvgIpc) is 2.16. The molecule has 1 aliphatic heterocycles. The van der Waals surface area contributed by atoms with Crippen molar-refractivity contribution in [1.29, 1.82) is 0 Å². The van der Waals surface area contributed by atoms with E-state index in [0.29, 0.717) is 6.04 Å². The first-order chi connectivity index (χ1) is 7.27. The monoisotopic (exact) mass is 204 g/mol. The lowest BCUT2D eigenvalue weighted by Crippen LogP contribution is -2.50. The number of amides is 1. The van der Waals surface area contributed by atoms with Crippen molar-refractivity contribution in [3.05, 3.63) is 35.4 Å². The number of aryl methyl sites for hydroxylation is 1. The zero-order valence-electron chi connectivity index (χ0n) is 8.92. The van der Waals surface area contributed by atoms with Gasteiger partial charge in [0.2, 0.25) is 0 Å². The molecule has 80 valence electrons. The van der Waals surface area contributed by atoms with Crippen LogP contribution in [0.4, 0.5) is 0 Å². The fourth-order valence-electron chi connectivity index (χ4n) is 1.66. The molecule has 1 aromatic carbocycles. The lowest BCUT2D eigenvalue weighted by atomic mass is 10.1. The van der Waals surface area contributed by atoms with Crippen LogP contribution in [0.1, 0.15) is 22.3 Å². The minimum Gasteiger partial charge on any atom is -0.350 e. The Morgan fingerprint density at radius 1 is 1.53 bits per heavy atom. The van der Waals surface area contributed by atoms with Gasteiger partial charge >= 0.3 is 0 Å². The molecular formula is C12H16N2O. The summed E-state index contributed by atoms with van der Waals surface area (Å²) in [5, 5.41) is 6.19. The van der Waals surface area contributed by atoms with Gasteiger partial charge in [-0.15, -0.1) is 0 Å². The highest BCUT2D eigenvalue weighted by Crippen LogP contribution is 2.07. The van der Waals surface area contributed by atoms with E-state index < -0.39 is 0 Å². The van der Waals surface area contributed by atoms with E-state index in [1.165, 1.54) is 0 Å².